The fourth-order valence-electron chi connectivity index (χ4n) is 2.89. The van der Waals surface area contributed by atoms with E-state index in [1.807, 2.05) is 33.3 Å². The molecule has 0 fully saturated rings. The molecule has 0 bridgehead atoms. The van der Waals surface area contributed by atoms with Crippen molar-refractivity contribution >= 4 is 5.82 Å². The zero-order chi connectivity index (χ0) is 19.3. The van der Waals surface area contributed by atoms with Crippen LogP contribution in [0.5, 0.6) is 0 Å². The number of nitrogens with zero attached hydrogens (tertiary/aromatic N) is 2. The van der Waals surface area contributed by atoms with E-state index in [2.05, 4.69) is 38.5 Å². The zero-order valence-electron chi connectivity index (χ0n) is 15.1. The van der Waals surface area contributed by atoms with Gasteiger partial charge in [0.2, 0.25) is 0 Å². The second-order valence-corrected chi connectivity index (χ2v) is 6.11. The molecule has 1 aromatic heterocycles. The first kappa shape index (κ1) is 19.7. The summed E-state index contributed by atoms with van der Waals surface area (Å²) in [5, 5.41) is 8.48. The summed E-state index contributed by atoms with van der Waals surface area (Å²) < 4.78 is 37.1. The van der Waals surface area contributed by atoms with Crippen LogP contribution in [0.3, 0.4) is 0 Å². The number of hydrogen-bond donors (Lipinski definition) is 3. The van der Waals surface area contributed by atoms with Crippen molar-refractivity contribution in [2.45, 2.75) is 25.6 Å². The van der Waals surface area contributed by atoms with Crippen molar-refractivity contribution in [3.63, 3.8) is 0 Å². The molecule has 1 atom stereocenters. The van der Waals surface area contributed by atoms with Crippen LogP contribution in [-0.2, 0) is 0 Å². The van der Waals surface area contributed by atoms with Gasteiger partial charge in [0.05, 0.1) is 17.4 Å². The van der Waals surface area contributed by atoms with Crippen LogP contribution < -0.4 is 16.0 Å². The summed E-state index contributed by atoms with van der Waals surface area (Å²) in [6.45, 7) is 4.89. The van der Waals surface area contributed by atoms with E-state index in [0.29, 0.717) is 0 Å². The molecule has 1 unspecified atom stereocenters. The monoisotopic (exact) mass is 367 g/mol. The van der Waals surface area contributed by atoms with Crippen molar-refractivity contribution < 1.29 is 13.2 Å². The Kier molecular flexibility index (Phi) is 6.18. The molecule has 3 N–H and O–H groups in total. The van der Waals surface area contributed by atoms with E-state index in [4.69, 9.17) is 0 Å². The quantitative estimate of drug-likeness (QED) is 0.689. The fraction of sp³-hybridized carbons (Fsp3) is 0.389. The van der Waals surface area contributed by atoms with Crippen molar-refractivity contribution in [2.75, 3.05) is 26.0 Å². The summed E-state index contributed by atoms with van der Waals surface area (Å²) in [7, 11) is 3.76. The minimum Gasteiger partial charge on any atom is -0.393 e. The van der Waals surface area contributed by atoms with E-state index in [-0.39, 0.29) is 11.9 Å². The molecular formula is C18H24F3N5. The van der Waals surface area contributed by atoms with Gasteiger partial charge in [0, 0.05) is 32.2 Å². The summed E-state index contributed by atoms with van der Waals surface area (Å²) >= 11 is 0. The highest BCUT2D eigenvalue weighted by atomic mass is 19.4. The first-order chi connectivity index (χ1) is 12.2. The Labute approximate surface area is 151 Å². The number of allylic oxidation sites excluding steroid dienone is 1. The normalized spacial score (nSPS) is 17.8. The Bertz CT molecular complexity index is 709. The fourth-order valence-corrected chi connectivity index (χ4v) is 2.89. The van der Waals surface area contributed by atoms with Crippen LogP contribution >= 0.6 is 0 Å². The second kappa shape index (κ2) is 8.16. The van der Waals surface area contributed by atoms with Crippen molar-refractivity contribution in [1.82, 2.24) is 20.5 Å². The van der Waals surface area contributed by atoms with Gasteiger partial charge in [-0.15, -0.1) is 0 Å². The van der Waals surface area contributed by atoms with E-state index in [1.54, 1.807) is 6.07 Å². The van der Waals surface area contributed by atoms with E-state index < -0.39 is 12.7 Å². The molecule has 142 valence electrons. The van der Waals surface area contributed by atoms with Gasteiger partial charge in [-0.3, -0.25) is 0 Å². The summed E-state index contributed by atoms with van der Waals surface area (Å²) in [5.74, 6) is 0.214. The van der Waals surface area contributed by atoms with Gasteiger partial charge in [0.25, 0.3) is 0 Å². The smallest absolute Gasteiger partial charge is 0.393 e. The number of anilines is 1. The molecule has 0 aromatic carbocycles. The highest BCUT2D eigenvalue weighted by Gasteiger charge is 2.28. The molecule has 5 nitrogen and oxygen atoms in total. The van der Waals surface area contributed by atoms with Gasteiger partial charge in [-0.05, 0) is 31.0 Å². The topological polar surface area (TPSA) is 52.2 Å². The number of aromatic nitrogens is 1. The highest BCUT2D eigenvalue weighted by Crippen LogP contribution is 2.35. The maximum atomic E-state index is 12.4. The Morgan fingerprint density at radius 3 is 2.85 bits per heavy atom. The molecule has 1 aliphatic rings. The third-order valence-electron chi connectivity index (χ3n) is 4.04. The van der Waals surface area contributed by atoms with Crippen LogP contribution in [0, 0.1) is 0 Å². The lowest BCUT2D eigenvalue weighted by molar-refractivity contribution is -0.115. The molecular weight excluding hydrogens is 343 g/mol. The van der Waals surface area contributed by atoms with Crippen LogP contribution in [0.25, 0.3) is 0 Å². The molecule has 0 amide bonds. The largest absolute Gasteiger partial charge is 0.405 e. The number of pyridine rings is 1. The number of hydrogen-bond acceptors (Lipinski definition) is 5. The van der Waals surface area contributed by atoms with Crippen LogP contribution in [0.4, 0.5) is 19.0 Å². The van der Waals surface area contributed by atoms with Crippen molar-refractivity contribution in [3.8, 4) is 0 Å². The van der Waals surface area contributed by atoms with Gasteiger partial charge in [0.1, 0.15) is 12.4 Å². The van der Waals surface area contributed by atoms with Gasteiger partial charge in [-0.25, -0.2) is 4.98 Å². The van der Waals surface area contributed by atoms with Crippen molar-refractivity contribution in [2.24, 2.45) is 0 Å². The molecule has 26 heavy (non-hydrogen) atoms. The number of rotatable bonds is 7. The van der Waals surface area contributed by atoms with E-state index in [0.717, 1.165) is 29.1 Å². The average Bonchev–Trinajstić information content (AvgIpc) is 2.94. The van der Waals surface area contributed by atoms with Gasteiger partial charge >= 0.3 is 6.18 Å². The summed E-state index contributed by atoms with van der Waals surface area (Å²) in [5.41, 5.74) is 3.55. The Morgan fingerprint density at radius 2 is 2.19 bits per heavy atom. The predicted octanol–water partition coefficient (Wildman–Crippen LogP) is 3.50. The van der Waals surface area contributed by atoms with Crippen LogP contribution in [0.1, 0.15) is 24.9 Å². The number of nitrogens with one attached hydrogen (secondary N) is 3. The molecule has 0 spiro atoms. The molecule has 2 heterocycles. The van der Waals surface area contributed by atoms with Crippen molar-refractivity contribution in [3.05, 3.63) is 59.8 Å². The molecule has 0 saturated carbocycles. The van der Waals surface area contributed by atoms with Gasteiger partial charge < -0.3 is 20.9 Å². The molecule has 0 radical (unpaired) electrons. The van der Waals surface area contributed by atoms with Gasteiger partial charge in [0.15, 0.2) is 0 Å². The van der Waals surface area contributed by atoms with Crippen molar-refractivity contribution in [1.29, 1.82) is 0 Å². The third-order valence-corrected chi connectivity index (χ3v) is 4.04. The summed E-state index contributed by atoms with van der Waals surface area (Å²) in [4.78, 5) is 6.02. The SMILES string of the molecule is C=C(N/C(C)=C/NC)C1=CCC(c2ccnc(NCC(F)(F)F)c2)N1C. The first-order valence-corrected chi connectivity index (χ1v) is 8.21. The Hall–Kier alpha value is -2.64. The number of halogens is 3. The van der Waals surface area contributed by atoms with Gasteiger partial charge in [-0.1, -0.05) is 12.7 Å². The number of alkyl halides is 3. The molecule has 0 aliphatic carbocycles. The summed E-state index contributed by atoms with van der Waals surface area (Å²) in [6.07, 6.45) is 1.88. The van der Waals surface area contributed by atoms with E-state index >= 15 is 0 Å². The lowest BCUT2D eigenvalue weighted by Gasteiger charge is -2.27. The van der Waals surface area contributed by atoms with Crippen LogP contribution in [0.2, 0.25) is 0 Å². The first-order valence-electron chi connectivity index (χ1n) is 8.21. The van der Waals surface area contributed by atoms with Crippen LogP contribution in [0.15, 0.2) is 54.3 Å². The molecule has 1 aliphatic heterocycles. The maximum absolute atomic E-state index is 12.4. The molecule has 2 rings (SSSR count). The highest BCUT2D eigenvalue weighted by molar-refractivity contribution is 5.41. The lowest BCUT2D eigenvalue weighted by Crippen LogP contribution is -2.25. The maximum Gasteiger partial charge on any atom is 0.405 e. The minimum absolute atomic E-state index is 0.0200. The molecule has 8 heteroatoms. The predicted molar refractivity (Wildman–Crippen MR) is 97.1 cm³/mol. The number of likely N-dealkylation sites (N-methyl/N-ethyl adjacent to an activating group) is 1. The minimum atomic E-state index is -4.28. The van der Waals surface area contributed by atoms with E-state index in [1.165, 1.54) is 6.20 Å². The molecule has 0 saturated heterocycles. The summed E-state index contributed by atoms with van der Waals surface area (Å²) in [6, 6.07) is 3.50. The van der Waals surface area contributed by atoms with Crippen LogP contribution in [-0.4, -0.2) is 36.7 Å². The Balaban J connectivity index is 2.05. The lowest BCUT2D eigenvalue weighted by atomic mass is 10.1. The van der Waals surface area contributed by atoms with E-state index in [9.17, 15) is 13.2 Å². The second-order valence-electron chi connectivity index (χ2n) is 6.11. The zero-order valence-corrected chi connectivity index (χ0v) is 15.1. The Morgan fingerprint density at radius 1 is 1.46 bits per heavy atom. The average molecular weight is 367 g/mol. The van der Waals surface area contributed by atoms with Gasteiger partial charge in [-0.2, -0.15) is 13.2 Å². The third kappa shape index (κ3) is 5.18. The standard InChI is InChI=1S/C18H24F3N5/c1-12(10-22-3)25-13(2)15-5-6-16(26(15)4)14-7-8-23-17(9-14)24-11-18(19,20)21/h5,7-10,16,22,25H,2,6,11H2,1,3-4H3,(H,23,24)/b12-10+. The molecule has 1 aromatic rings.